The number of benzene rings is 1. The topological polar surface area (TPSA) is 24.4 Å². The molecule has 0 unspecified atom stereocenters. The Morgan fingerprint density at radius 1 is 1.41 bits per heavy atom. The molecule has 0 spiro atoms. The van der Waals surface area contributed by atoms with Gasteiger partial charge in [0.15, 0.2) is 5.17 Å². The fraction of sp³-hybridized carbons (Fsp3) is 0.500. The summed E-state index contributed by atoms with van der Waals surface area (Å²) in [7, 11) is 0. The Labute approximate surface area is 107 Å². The van der Waals surface area contributed by atoms with Crippen molar-refractivity contribution in [3.05, 3.63) is 34.9 Å². The Kier molecular flexibility index (Phi) is 3.10. The minimum Gasteiger partial charge on any atom is -0.361 e. The summed E-state index contributed by atoms with van der Waals surface area (Å²) in [4.78, 5) is 4.43. The fourth-order valence-electron chi connectivity index (χ4n) is 2.46. The van der Waals surface area contributed by atoms with Gasteiger partial charge in [-0.25, -0.2) is 0 Å². The molecular formula is C14H18N2S. The molecule has 1 aliphatic heterocycles. The Hall–Kier alpha value is -0.960. The van der Waals surface area contributed by atoms with E-state index in [1.807, 2.05) is 11.8 Å². The number of hydrogen-bond acceptors (Lipinski definition) is 3. The van der Waals surface area contributed by atoms with Crippen molar-refractivity contribution in [1.82, 2.24) is 5.32 Å². The molecule has 1 N–H and O–H groups in total. The Balaban J connectivity index is 1.75. The van der Waals surface area contributed by atoms with E-state index in [1.54, 1.807) is 5.56 Å². The molecule has 0 radical (unpaired) electrons. The van der Waals surface area contributed by atoms with E-state index in [-0.39, 0.29) is 0 Å². The second kappa shape index (κ2) is 4.73. The van der Waals surface area contributed by atoms with Crippen LogP contribution in [0.25, 0.3) is 0 Å². The van der Waals surface area contributed by atoms with Gasteiger partial charge in [0.05, 0.1) is 6.54 Å². The molecule has 1 heterocycles. The zero-order valence-electron chi connectivity index (χ0n) is 10.2. The monoisotopic (exact) mass is 246 g/mol. The lowest BCUT2D eigenvalue weighted by atomic mass is 9.98. The average Bonchev–Trinajstić information content (AvgIpc) is 3.03. The van der Waals surface area contributed by atoms with Gasteiger partial charge in [-0.2, -0.15) is 0 Å². The second-order valence-electron chi connectivity index (χ2n) is 4.81. The lowest BCUT2D eigenvalue weighted by Crippen LogP contribution is -2.19. The molecule has 0 bridgehead atoms. The minimum atomic E-state index is 0.825. The minimum absolute atomic E-state index is 0.825. The van der Waals surface area contributed by atoms with E-state index in [0.29, 0.717) is 0 Å². The van der Waals surface area contributed by atoms with Gasteiger partial charge < -0.3 is 5.32 Å². The number of amidine groups is 1. The van der Waals surface area contributed by atoms with Gasteiger partial charge >= 0.3 is 0 Å². The molecule has 1 fully saturated rings. The molecule has 2 aliphatic rings. The van der Waals surface area contributed by atoms with Crippen LogP contribution in [-0.2, 0) is 6.54 Å². The number of hydrogen-bond donors (Lipinski definition) is 1. The van der Waals surface area contributed by atoms with Gasteiger partial charge in [0.2, 0.25) is 0 Å². The molecule has 3 rings (SSSR count). The number of aryl methyl sites for hydroxylation is 1. The molecule has 3 heteroatoms. The van der Waals surface area contributed by atoms with Crippen molar-refractivity contribution in [1.29, 1.82) is 0 Å². The predicted octanol–water partition coefficient (Wildman–Crippen LogP) is 3.06. The maximum Gasteiger partial charge on any atom is 0.156 e. The molecule has 1 aliphatic carbocycles. The third-order valence-electron chi connectivity index (χ3n) is 3.42. The van der Waals surface area contributed by atoms with Crippen molar-refractivity contribution < 1.29 is 0 Å². The molecule has 0 amide bonds. The molecule has 17 heavy (non-hydrogen) atoms. The lowest BCUT2D eigenvalue weighted by Gasteiger charge is -2.13. The lowest BCUT2D eigenvalue weighted by molar-refractivity contribution is 0.890. The van der Waals surface area contributed by atoms with Crippen LogP contribution < -0.4 is 5.32 Å². The van der Waals surface area contributed by atoms with Gasteiger partial charge in [0.25, 0.3) is 0 Å². The van der Waals surface area contributed by atoms with Crippen molar-refractivity contribution in [2.24, 2.45) is 4.99 Å². The molecule has 1 aromatic carbocycles. The van der Waals surface area contributed by atoms with Crippen molar-refractivity contribution in [2.45, 2.75) is 32.2 Å². The van der Waals surface area contributed by atoms with Crippen LogP contribution in [0.15, 0.2) is 23.2 Å². The van der Waals surface area contributed by atoms with Crippen LogP contribution in [0.1, 0.15) is 35.4 Å². The molecule has 90 valence electrons. The first kappa shape index (κ1) is 11.1. The number of rotatable bonds is 3. The second-order valence-corrected chi connectivity index (χ2v) is 5.89. The SMILES string of the molecule is Cc1cccc(CNC2=NCCS2)c1C1CC1. The Morgan fingerprint density at radius 2 is 2.29 bits per heavy atom. The summed E-state index contributed by atoms with van der Waals surface area (Å²) in [5.74, 6) is 1.96. The van der Waals surface area contributed by atoms with Crippen molar-refractivity contribution in [3.63, 3.8) is 0 Å². The van der Waals surface area contributed by atoms with Gasteiger partial charge in [-0.1, -0.05) is 30.0 Å². The van der Waals surface area contributed by atoms with E-state index in [1.165, 1.54) is 24.0 Å². The van der Waals surface area contributed by atoms with E-state index >= 15 is 0 Å². The van der Waals surface area contributed by atoms with Crippen LogP contribution in [0.3, 0.4) is 0 Å². The summed E-state index contributed by atoms with van der Waals surface area (Å²) >= 11 is 1.83. The highest BCUT2D eigenvalue weighted by atomic mass is 32.2. The van der Waals surface area contributed by atoms with Crippen LogP contribution in [0.5, 0.6) is 0 Å². The molecule has 0 saturated heterocycles. The average molecular weight is 246 g/mol. The predicted molar refractivity (Wildman–Crippen MR) is 74.8 cm³/mol. The zero-order chi connectivity index (χ0) is 11.7. The number of nitrogens with zero attached hydrogens (tertiary/aromatic N) is 1. The Morgan fingerprint density at radius 3 is 3.00 bits per heavy atom. The summed E-state index contributed by atoms with van der Waals surface area (Å²) in [6.45, 7) is 4.13. The van der Waals surface area contributed by atoms with E-state index in [2.05, 4.69) is 35.4 Å². The van der Waals surface area contributed by atoms with Crippen LogP contribution in [0, 0.1) is 6.92 Å². The van der Waals surface area contributed by atoms with Crippen LogP contribution in [0.4, 0.5) is 0 Å². The van der Waals surface area contributed by atoms with E-state index < -0.39 is 0 Å². The highest BCUT2D eigenvalue weighted by Crippen LogP contribution is 2.43. The molecular weight excluding hydrogens is 228 g/mol. The maximum atomic E-state index is 4.43. The maximum absolute atomic E-state index is 4.43. The molecule has 0 aromatic heterocycles. The third-order valence-corrected chi connectivity index (χ3v) is 4.35. The van der Waals surface area contributed by atoms with Gasteiger partial charge in [-0.15, -0.1) is 0 Å². The largest absolute Gasteiger partial charge is 0.361 e. The van der Waals surface area contributed by atoms with Crippen LogP contribution >= 0.6 is 11.8 Å². The highest BCUT2D eigenvalue weighted by Gasteiger charge is 2.27. The summed E-state index contributed by atoms with van der Waals surface area (Å²) in [6, 6.07) is 6.66. The van der Waals surface area contributed by atoms with E-state index in [9.17, 15) is 0 Å². The van der Waals surface area contributed by atoms with Crippen LogP contribution in [0.2, 0.25) is 0 Å². The number of aliphatic imine (C=N–C) groups is 1. The normalized spacial score (nSPS) is 19.2. The van der Waals surface area contributed by atoms with Crippen molar-refractivity contribution in [2.75, 3.05) is 12.3 Å². The zero-order valence-corrected chi connectivity index (χ0v) is 11.0. The number of nitrogens with one attached hydrogen (secondary N) is 1. The van der Waals surface area contributed by atoms with Gasteiger partial charge in [-0.05, 0) is 42.4 Å². The fourth-order valence-corrected chi connectivity index (χ4v) is 3.20. The molecule has 1 aromatic rings. The molecule has 0 atom stereocenters. The summed E-state index contributed by atoms with van der Waals surface area (Å²) in [5, 5.41) is 4.58. The highest BCUT2D eigenvalue weighted by molar-refractivity contribution is 8.14. The van der Waals surface area contributed by atoms with Crippen LogP contribution in [-0.4, -0.2) is 17.5 Å². The van der Waals surface area contributed by atoms with Gasteiger partial charge in [-0.3, -0.25) is 4.99 Å². The summed E-state index contributed by atoms with van der Waals surface area (Å²) < 4.78 is 0. The Bertz CT molecular complexity index is 450. The summed E-state index contributed by atoms with van der Waals surface area (Å²) in [5.41, 5.74) is 4.50. The van der Waals surface area contributed by atoms with E-state index in [4.69, 9.17) is 0 Å². The van der Waals surface area contributed by atoms with Crippen molar-refractivity contribution in [3.8, 4) is 0 Å². The summed E-state index contributed by atoms with van der Waals surface area (Å²) in [6.07, 6.45) is 2.74. The van der Waals surface area contributed by atoms with Gasteiger partial charge in [0.1, 0.15) is 0 Å². The smallest absolute Gasteiger partial charge is 0.156 e. The molecule has 2 nitrogen and oxygen atoms in total. The number of thioether (sulfide) groups is 1. The first-order chi connectivity index (χ1) is 8.34. The van der Waals surface area contributed by atoms with Crippen molar-refractivity contribution >= 4 is 16.9 Å². The standard InChI is InChI=1S/C14H18N2S/c1-10-3-2-4-12(13(10)11-5-6-11)9-16-14-15-7-8-17-14/h2-4,11H,5-9H2,1H3,(H,15,16). The van der Waals surface area contributed by atoms with Gasteiger partial charge in [0, 0.05) is 12.3 Å². The third kappa shape index (κ3) is 2.49. The quantitative estimate of drug-likeness (QED) is 0.886. The van der Waals surface area contributed by atoms with E-state index in [0.717, 1.165) is 29.9 Å². The first-order valence-corrected chi connectivity index (χ1v) is 7.32. The first-order valence-electron chi connectivity index (χ1n) is 6.34. The molecule has 1 saturated carbocycles.